The van der Waals surface area contributed by atoms with Crippen LogP contribution in [0.5, 0.6) is 11.5 Å². The van der Waals surface area contributed by atoms with Crippen molar-refractivity contribution in [3.63, 3.8) is 0 Å². The molecule has 2 aliphatic rings. The Kier molecular flexibility index (Phi) is 6.40. The molecule has 1 fully saturated rings. The third-order valence-corrected chi connectivity index (χ3v) is 5.98. The molecule has 33 heavy (non-hydrogen) atoms. The molecule has 0 spiro atoms. The fourth-order valence-corrected chi connectivity index (χ4v) is 4.09. The molecule has 3 heterocycles. The summed E-state index contributed by atoms with van der Waals surface area (Å²) >= 11 is 0. The summed E-state index contributed by atoms with van der Waals surface area (Å²) in [5.41, 5.74) is -0.662. The van der Waals surface area contributed by atoms with Gasteiger partial charge in [-0.2, -0.15) is 0 Å². The number of aliphatic hydroxyl groups excluding tert-OH is 4. The second kappa shape index (κ2) is 8.84. The lowest BCUT2D eigenvalue weighted by Gasteiger charge is -2.39. The second-order valence-corrected chi connectivity index (χ2v) is 8.81. The summed E-state index contributed by atoms with van der Waals surface area (Å²) in [6, 6.07) is 2.77. The van der Waals surface area contributed by atoms with E-state index in [1.165, 1.54) is 13.2 Å². The van der Waals surface area contributed by atoms with Crippen LogP contribution in [0.3, 0.4) is 0 Å². The van der Waals surface area contributed by atoms with Gasteiger partial charge in [0, 0.05) is 24.1 Å². The topological polar surface area (TPSA) is 168 Å². The minimum absolute atomic E-state index is 0.100. The van der Waals surface area contributed by atoms with Crippen molar-refractivity contribution in [2.45, 2.75) is 69.3 Å². The molecule has 1 aromatic heterocycles. The number of rotatable bonds is 6. The number of aliphatic hydroxyl groups is 5. The van der Waals surface area contributed by atoms with Gasteiger partial charge in [0.25, 0.3) is 0 Å². The van der Waals surface area contributed by atoms with E-state index in [0.717, 1.165) is 0 Å². The number of benzene rings is 1. The summed E-state index contributed by atoms with van der Waals surface area (Å²) < 4.78 is 27.9. The van der Waals surface area contributed by atoms with Crippen LogP contribution in [0.4, 0.5) is 0 Å². The van der Waals surface area contributed by atoms with Gasteiger partial charge in [0.1, 0.15) is 65.4 Å². The highest BCUT2D eigenvalue weighted by molar-refractivity contribution is 5.87. The second-order valence-electron chi connectivity index (χ2n) is 8.81. The summed E-state index contributed by atoms with van der Waals surface area (Å²) in [7, 11) is 1.43. The molecule has 0 saturated carbocycles. The van der Waals surface area contributed by atoms with E-state index in [4.69, 9.17) is 23.4 Å². The van der Waals surface area contributed by atoms with E-state index >= 15 is 0 Å². The predicted molar refractivity (Wildman–Crippen MR) is 112 cm³/mol. The van der Waals surface area contributed by atoms with Crippen LogP contribution in [0.15, 0.2) is 21.3 Å². The zero-order chi connectivity index (χ0) is 24.1. The third kappa shape index (κ3) is 4.33. The highest BCUT2D eigenvalue weighted by Gasteiger charge is 2.44. The highest BCUT2D eigenvalue weighted by atomic mass is 16.7. The van der Waals surface area contributed by atoms with E-state index in [1.807, 2.05) is 0 Å². The van der Waals surface area contributed by atoms with Crippen LogP contribution in [-0.4, -0.2) is 81.7 Å². The molecule has 11 heteroatoms. The first-order chi connectivity index (χ1) is 15.5. The lowest BCUT2D eigenvalue weighted by atomic mass is 9.96. The smallest absolute Gasteiger partial charge is 0.196 e. The van der Waals surface area contributed by atoms with Crippen LogP contribution in [0, 0.1) is 0 Å². The lowest BCUT2D eigenvalue weighted by molar-refractivity contribution is -0.304. The van der Waals surface area contributed by atoms with E-state index in [-0.39, 0.29) is 23.3 Å². The monoisotopic (exact) mass is 468 g/mol. The zero-order valence-electron chi connectivity index (χ0n) is 18.4. The molecule has 4 rings (SSSR count). The van der Waals surface area contributed by atoms with Crippen LogP contribution < -0.4 is 14.9 Å². The minimum Gasteiger partial charge on any atom is -0.495 e. The molecule has 1 aromatic carbocycles. The van der Waals surface area contributed by atoms with Crippen molar-refractivity contribution < 1.29 is 48.9 Å². The molecule has 0 unspecified atom stereocenters. The van der Waals surface area contributed by atoms with Crippen molar-refractivity contribution in [3.8, 4) is 11.5 Å². The molecule has 2 aliphatic heterocycles. The Labute approximate surface area is 188 Å². The molecular formula is C22H28O11. The Hall–Kier alpha value is -2.25. The van der Waals surface area contributed by atoms with Gasteiger partial charge in [-0.05, 0) is 13.8 Å². The maximum absolute atomic E-state index is 12.9. The lowest BCUT2D eigenvalue weighted by Crippen LogP contribution is -2.59. The fraction of sp³-hybridized carbons (Fsp3) is 0.591. The van der Waals surface area contributed by atoms with E-state index < -0.39 is 54.4 Å². The van der Waals surface area contributed by atoms with Crippen LogP contribution in [0.25, 0.3) is 11.0 Å². The highest BCUT2D eigenvalue weighted by Crippen LogP contribution is 2.43. The number of ether oxygens (including phenoxy) is 4. The molecule has 0 aliphatic carbocycles. The van der Waals surface area contributed by atoms with Crippen molar-refractivity contribution in [1.82, 2.24) is 0 Å². The van der Waals surface area contributed by atoms with Crippen LogP contribution in [-0.2, 0) is 22.5 Å². The van der Waals surface area contributed by atoms with Gasteiger partial charge >= 0.3 is 0 Å². The Morgan fingerprint density at radius 2 is 1.88 bits per heavy atom. The number of methoxy groups -OCH3 is 1. The molecule has 0 radical (unpaired) electrons. The normalized spacial score (nSPS) is 29.7. The van der Waals surface area contributed by atoms with Crippen molar-refractivity contribution in [2.24, 2.45) is 0 Å². The van der Waals surface area contributed by atoms with E-state index in [1.54, 1.807) is 19.9 Å². The maximum Gasteiger partial charge on any atom is 0.196 e. The van der Waals surface area contributed by atoms with Crippen LogP contribution >= 0.6 is 0 Å². The van der Waals surface area contributed by atoms with Gasteiger partial charge in [0.15, 0.2) is 11.7 Å². The van der Waals surface area contributed by atoms with Gasteiger partial charge in [-0.25, -0.2) is 0 Å². The van der Waals surface area contributed by atoms with Crippen LogP contribution in [0.2, 0.25) is 0 Å². The Morgan fingerprint density at radius 3 is 2.52 bits per heavy atom. The van der Waals surface area contributed by atoms with Crippen molar-refractivity contribution in [2.75, 3.05) is 13.7 Å². The number of fused-ring (bicyclic) bond motifs is 2. The standard InChI is InChI=1S/C22H28O11/c1-22(2,28)15-5-10-12(32-15)6-13-16(20(10)29-3)11(24)4-9(31-13)8-30-21-19(27)18(26)17(25)14(7-23)33-21/h4,6,14-15,17-19,21,23,25-28H,5,7-8H2,1-3H3/t14-,15-,17+,18-,19-,21+/m1/s1. The van der Waals surface area contributed by atoms with Gasteiger partial charge in [-0.3, -0.25) is 4.79 Å². The molecule has 182 valence electrons. The van der Waals surface area contributed by atoms with Gasteiger partial charge in [0.2, 0.25) is 0 Å². The van der Waals surface area contributed by atoms with Crippen LogP contribution in [0.1, 0.15) is 25.2 Å². The molecule has 0 amide bonds. The van der Waals surface area contributed by atoms with E-state index in [0.29, 0.717) is 23.5 Å². The van der Waals surface area contributed by atoms with Gasteiger partial charge in [0.05, 0.1) is 19.3 Å². The van der Waals surface area contributed by atoms with E-state index in [2.05, 4.69) is 0 Å². The predicted octanol–water partition coefficient (Wildman–Crippen LogP) is -0.808. The summed E-state index contributed by atoms with van der Waals surface area (Å²) in [6.07, 6.45) is -7.33. The largest absolute Gasteiger partial charge is 0.495 e. The summed E-state index contributed by atoms with van der Waals surface area (Å²) in [5, 5.41) is 49.7. The van der Waals surface area contributed by atoms with Gasteiger partial charge < -0.3 is 48.9 Å². The first-order valence-electron chi connectivity index (χ1n) is 10.5. The first-order valence-corrected chi connectivity index (χ1v) is 10.5. The summed E-state index contributed by atoms with van der Waals surface area (Å²) in [4.78, 5) is 12.9. The van der Waals surface area contributed by atoms with Crippen molar-refractivity contribution >= 4 is 11.0 Å². The molecule has 1 saturated heterocycles. The Morgan fingerprint density at radius 1 is 1.15 bits per heavy atom. The zero-order valence-corrected chi connectivity index (χ0v) is 18.4. The molecule has 2 aromatic rings. The molecule has 5 N–H and O–H groups in total. The van der Waals surface area contributed by atoms with Gasteiger partial charge in [-0.15, -0.1) is 0 Å². The molecular weight excluding hydrogens is 440 g/mol. The maximum atomic E-state index is 12.9. The minimum atomic E-state index is -1.59. The molecule has 0 bridgehead atoms. The average molecular weight is 468 g/mol. The van der Waals surface area contributed by atoms with Crippen molar-refractivity contribution in [3.05, 3.63) is 33.7 Å². The summed E-state index contributed by atoms with van der Waals surface area (Å²) in [5.74, 6) is 0.842. The van der Waals surface area contributed by atoms with Crippen molar-refractivity contribution in [1.29, 1.82) is 0 Å². The SMILES string of the molecule is COc1c2c(cc3oc(CO[C@H]4O[C@H](CO)[C@H](O)[C@@H](O)[C@H]4O)cc(=O)c13)O[C@@H](C(C)(C)O)C2. The molecule has 11 nitrogen and oxygen atoms in total. The summed E-state index contributed by atoms with van der Waals surface area (Å²) in [6.45, 7) is 2.37. The number of hydrogen-bond acceptors (Lipinski definition) is 11. The average Bonchev–Trinajstić information content (AvgIpc) is 3.20. The Balaban J connectivity index is 1.61. The third-order valence-electron chi connectivity index (χ3n) is 5.98. The fourth-order valence-electron chi connectivity index (χ4n) is 4.09. The van der Waals surface area contributed by atoms with E-state index in [9.17, 15) is 30.3 Å². The quantitative estimate of drug-likeness (QED) is 0.360. The Bertz CT molecular complexity index is 1070. The molecule has 6 atom stereocenters. The van der Waals surface area contributed by atoms with Gasteiger partial charge in [-0.1, -0.05) is 0 Å². The number of hydrogen-bond donors (Lipinski definition) is 5. The first kappa shape index (κ1) is 23.9.